The lowest BCUT2D eigenvalue weighted by Crippen LogP contribution is -2.12. The Morgan fingerprint density at radius 1 is 1.30 bits per heavy atom. The SMILES string of the molecule is CCCc1cc(C(=O)Nc2ccc(O)cc2)cc(Cl)n1. The number of carbonyl (C=O) groups excluding carboxylic acids is 1. The van der Waals surface area contributed by atoms with Crippen LogP contribution >= 0.6 is 11.6 Å². The van der Waals surface area contributed by atoms with E-state index in [1.165, 1.54) is 18.2 Å². The largest absolute Gasteiger partial charge is 0.508 e. The van der Waals surface area contributed by atoms with Crippen LogP contribution in [0.4, 0.5) is 5.69 Å². The number of nitrogens with one attached hydrogen (secondary N) is 1. The third-order valence-electron chi connectivity index (χ3n) is 2.74. The first-order valence-corrected chi connectivity index (χ1v) is 6.73. The number of aromatic hydroxyl groups is 1. The van der Waals surface area contributed by atoms with Crippen LogP contribution in [0.3, 0.4) is 0 Å². The number of hydrogen-bond acceptors (Lipinski definition) is 3. The van der Waals surface area contributed by atoms with Gasteiger partial charge < -0.3 is 10.4 Å². The molecular formula is C15H15ClN2O2. The third-order valence-corrected chi connectivity index (χ3v) is 2.93. The van der Waals surface area contributed by atoms with Gasteiger partial charge in [0.1, 0.15) is 10.9 Å². The van der Waals surface area contributed by atoms with Gasteiger partial charge in [-0.2, -0.15) is 0 Å². The minimum absolute atomic E-state index is 0.153. The summed E-state index contributed by atoms with van der Waals surface area (Å²) in [4.78, 5) is 16.3. The molecule has 0 spiro atoms. The van der Waals surface area contributed by atoms with E-state index in [9.17, 15) is 9.90 Å². The number of aryl methyl sites for hydroxylation is 1. The normalized spacial score (nSPS) is 10.3. The number of rotatable bonds is 4. The van der Waals surface area contributed by atoms with Crippen molar-refractivity contribution in [3.8, 4) is 5.75 Å². The number of phenolic OH excluding ortho intramolecular Hbond substituents is 1. The zero-order valence-electron chi connectivity index (χ0n) is 11.1. The van der Waals surface area contributed by atoms with Gasteiger partial charge in [0.05, 0.1) is 0 Å². The molecule has 1 heterocycles. The highest BCUT2D eigenvalue weighted by molar-refractivity contribution is 6.29. The molecule has 0 bridgehead atoms. The maximum absolute atomic E-state index is 12.1. The summed E-state index contributed by atoms with van der Waals surface area (Å²) in [5.74, 6) is -0.0995. The monoisotopic (exact) mass is 290 g/mol. The summed E-state index contributed by atoms with van der Waals surface area (Å²) in [6, 6.07) is 9.56. The van der Waals surface area contributed by atoms with Crippen LogP contribution in [0.15, 0.2) is 36.4 Å². The van der Waals surface area contributed by atoms with Crippen LogP contribution in [-0.4, -0.2) is 16.0 Å². The number of amides is 1. The highest BCUT2D eigenvalue weighted by Crippen LogP contribution is 2.17. The molecule has 1 aromatic carbocycles. The highest BCUT2D eigenvalue weighted by Gasteiger charge is 2.09. The Morgan fingerprint density at radius 2 is 2.00 bits per heavy atom. The lowest BCUT2D eigenvalue weighted by atomic mass is 10.1. The van der Waals surface area contributed by atoms with E-state index in [2.05, 4.69) is 10.3 Å². The molecule has 0 radical (unpaired) electrons. The summed E-state index contributed by atoms with van der Waals surface area (Å²) in [5, 5.41) is 12.3. The van der Waals surface area contributed by atoms with E-state index in [1.807, 2.05) is 6.92 Å². The minimum Gasteiger partial charge on any atom is -0.508 e. The molecule has 0 unspecified atom stereocenters. The van der Waals surface area contributed by atoms with Crippen molar-refractivity contribution in [2.24, 2.45) is 0 Å². The van der Waals surface area contributed by atoms with Gasteiger partial charge in [0.15, 0.2) is 0 Å². The second kappa shape index (κ2) is 6.39. The molecule has 4 nitrogen and oxygen atoms in total. The minimum atomic E-state index is -0.252. The van der Waals surface area contributed by atoms with Crippen molar-refractivity contribution in [2.75, 3.05) is 5.32 Å². The number of pyridine rings is 1. The van der Waals surface area contributed by atoms with Crippen LogP contribution in [0.5, 0.6) is 5.75 Å². The van der Waals surface area contributed by atoms with Crippen LogP contribution in [0.25, 0.3) is 0 Å². The molecule has 0 fully saturated rings. The smallest absolute Gasteiger partial charge is 0.255 e. The van der Waals surface area contributed by atoms with Crippen molar-refractivity contribution in [2.45, 2.75) is 19.8 Å². The number of halogens is 1. The van der Waals surface area contributed by atoms with Gasteiger partial charge in [-0.25, -0.2) is 4.98 Å². The van der Waals surface area contributed by atoms with Crippen molar-refractivity contribution in [3.63, 3.8) is 0 Å². The molecule has 2 aromatic rings. The molecule has 0 saturated carbocycles. The van der Waals surface area contributed by atoms with Gasteiger partial charge in [-0.15, -0.1) is 0 Å². The Kier molecular flexibility index (Phi) is 4.58. The van der Waals surface area contributed by atoms with E-state index in [0.29, 0.717) is 16.4 Å². The molecule has 5 heteroatoms. The van der Waals surface area contributed by atoms with Gasteiger partial charge in [0.2, 0.25) is 0 Å². The molecule has 2 rings (SSSR count). The maximum Gasteiger partial charge on any atom is 0.255 e. The molecule has 0 aliphatic carbocycles. The third kappa shape index (κ3) is 3.71. The standard InChI is InChI=1S/C15H15ClN2O2/c1-2-3-12-8-10(9-14(16)17-12)15(20)18-11-4-6-13(19)7-5-11/h4-9,19H,2-3H2,1H3,(H,18,20). The van der Waals surface area contributed by atoms with Gasteiger partial charge in [0.25, 0.3) is 5.91 Å². The highest BCUT2D eigenvalue weighted by atomic mass is 35.5. The fourth-order valence-corrected chi connectivity index (χ4v) is 2.04. The molecule has 0 aliphatic heterocycles. The number of hydrogen-bond donors (Lipinski definition) is 2. The number of phenols is 1. The molecule has 2 N–H and O–H groups in total. The van der Waals surface area contributed by atoms with Gasteiger partial charge in [0, 0.05) is 16.9 Å². The molecule has 0 atom stereocenters. The van der Waals surface area contributed by atoms with Crippen molar-refractivity contribution < 1.29 is 9.90 Å². The van der Waals surface area contributed by atoms with Crippen LogP contribution < -0.4 is 5.32 Å². The first-order valence-electron chi connectivity index (χ1n) is 6.35. The fourth-order valence-electron chi connectivity index (χ4n) is 1.81. The summed E-state index contributed by atoms with van der Waals surface area (Å²) in [7, 11) is 0. The zero-order valence-corrected chi connectivity index (χ0v) is 11.8. The Balaban J connectivity index is 2.18. The van der Waals surface area contributed by atoms with Crippen molar-refractivity contribution in [1.29, 1.82) is 0 Å². The van der Waals surface area contributed by atoms with Crippen LogP contribution in [0, 0.1) is 0 Å². The Bertz CT molecular complexity index is 612. The van der Waals surface area contributed by atoms with Crippen LogP contribution in [0.1, 0.15) is 29.4 Å². The summed E-state index contributed by atoms with van der Waals surface area (Å²) in [5.41, 5.74) is 1.88. The van der Waals surface area contributed by atoms with Gasteiger partial charge in [-0.05, 0) is 42.8 Å². The number of nitrogens with zero attached hydrogens (tertiary/aromatic N) is 1. The molecule has 1 aromatic heterocycles. The van der Waals surface area contributed by atoms with E-state index in [4.69, 9.17) is 11.6 Å². The average Bonchev–Trinajstić information content (AvgIpc) is 2.41. The lowest BCUT2D eigenvalue weighted by Gasteiger charge is -2.07. The molecule has 0 aliphatic rings. The topological polar surface area (TPSA) is 62.2 Å². The van der Waals surface area contributed by atoms with Gasteiger partial charge in [-0.3, -0.25) is 4.79 Å². The van der Waals surface area contributed by atoms with E-state index in [1.54, 1.807) is 18.2 Å². The first-order chi connectivity index (χ1) is 9.58. The Labute approximate surface area is 122 Å². The second-order valence-corrected chi connectivity index (χ2v) is 4.81. The molecule has 0 saturated heterocycles. The number of aromatic nitrogens is 1. The van der Waals surface area contributed by atoms with Crippen LogP contribution in [-0.2, 0) is 6.42 Å². The molecule has 104 valence electrons. The van der Waals surface area contributed by atoms with E-state index >= 15 is 0 Å². The quantitative estimate of drug-likeness (QED) is 0.667. The fraction of sp³-hybridized carbons (Fsp3) is 0.200. The van der Waals surface area contributed by atoms with E-state index in [0.717, 1.165) is 18.5 Å². The zero-order chi connectivity index (χ0) is 14.5. The van der Waals surface area contributed by atoms with Crippen molar-refractivity contribution >= 4 is 23.2 Å². The molecule has 1 amide bonds. The van der Waals surface area contributed by atoms with Crippen molar-refractivity contribution in [1.82, 2.24) is 4.98 Å². The Hall–Kier alpha value is -2.07. The predicted molar refractivity (Wildman–Crippen MR) is 79.3 cm³/mol. The average molecular weight is 291 g/mol. The van der Waals surface area contributed by atoms with Crippen molar-refractivity contribution in [3.05, 3.63) is 52.8 Å². The van der Waals surface area contributed by atoms with Crippen LogP contribution in [0.2, 0.25) is 5.15 Å². The number of carbonyl (C=O) groups is 1. The maximum atomic E-state index is 12.1. The van der Waals surface area contributed by atoms with E-state index in [-0.39, 0.29) is 11.7 Å². The summed E-state index contributed by atoms with van der Waals surface area (Å²) >= 11 is 5.93. The summed E-state index contributed by atoms with van der Waals surface area (Å²) < 4.78 is 0. The van der Waals surface area contributed by atoms with E-state index < -0.39 is 0 Å². The first kappa shape index (κ1) is 14.3. The lowest BCUT2D eigenvalue weighted by molar-refractivity contribution is 0.102. The molecular weight excluding hydrogens is 276 g/mol. The summed E-state index contributed by atoms with van der Waals surface area (Å²) in [6.45, 7) is 2.04. The number of benzene rings is 1. The number of anilines is 1. The summed E-state index contributed by atoms with van der Waals surface area (Å²) in [6.07, 6.45) is 1.71. The molecule has 20 heavy (non-hydrogen) atoms. The predicted octanol–water partition coefficient (Wildman–Crippen LogP) is 3.65. The van der Waals surface area contributed by atoms with Gasteiger partial charge >= 0.3 is 0 Å². The second-order valence-electron chi connectivity index (χ2n) is 4.42. The van der Waals surface area contributed by atoms with Gasteiger partial charge in [-0.1, -0.05) is 24.9 Å². The Morgan fingerprint density at radius 3 is 2.65 bits per heavy atom.